The summed E-state index contributed by atoms with van der Waals surface area (Å²) in [6.07, 6.45) is -1.25. The van der Waals surface area contributed by atoms with Crippen molar-refractivity contribution in [1.29, 1.82) is 0 Å². The zero-order chi connectivity index (χ0) is 17.8. The van der Waals surface area contributed by atoms with Crippen LogP contribution in [0.25, 0.3) is 0 Å². The number of furan rings is 1. The smallest absolute Gasteiger partial charge is 0.192 e. The van der Waals surface area contributed by atoms with Gasteiger partial charge >= 0.3 is 0 Å². The zero-order valence-electron chi connectivity index (χ0n) is 14.2. The Morgan fingerprint density at radius 2 is 1.68 bits per heavy atom. The standard InChI is InChI=1S/C21H20O4/c1-14-8-13-18(25-14)19(15-9-11-17(24-2)12-10-15)21(23)20(22)16-6-4-3-5-7-16/h3-13,19,21,23H,1-2H3/t19-,21-/m0/s1. The van der Waals surface area contributed by atoms with Crippen molar-refractivity contribution in [3.05, 3.63) is 89.4 Å². The topological polar surface area (TPSA) is 59.7 Å². The molecule has 0 bridgehead atoms. The van der Waals surface area contributed by atoms with E-state index < -0.39 is 12.0 Å². The molecular formula is C21H20O4. The molecule has 0 amide bonds. The predicted molar refractivity (Wildman–Crippen MR) is 95.1 cm³/mol. The lowest BCUT2D eigenvalue weighted by Crippen LogP contribution is -2.28. The van der Waals surface area contributed by atoms with Gasteiger partial charge in [-0.25, -0.2) is 0 Å². The maximum Gasteiger partial charge on any atom is 0.192 e. The lowest BCUT2D eigenvalue weighted by atomic mass is 9.87. The molecule has 0 unspecified atom stereocenters. The number of aliphatic hydroxyl groups excluding tert-OH is 1. The molecule has 0 radical (unpaired) electrons. The third kappa shape index (κ3) is 3.64. The van der Waals surface area contributed by atoms with E-state index in [0.717, 1.165) is 11.3 Å². The van der Waals surface area contributed by atoms with Crippen LogP contribution in [-0.2, 0) is 0 Å². The van der Waals surface area contributed by atoms with Crippen LogP contribution in [0, 0.1) is 6.92 Å². The minimum atomic E-state index is -1.25. The molecule has 0 spiro atoms. The molecule has 1 N–H and O–H groups in total. The largest absolute Gasteiger partial charge is 0.497 e. The van der Waals surface area contributed by atoms with E-state index >= 15 is 0 Å². The number of hydrogen-bond donors (Lipinski definition) is 1. The Bertz CT molecular complexity index is 834. The molecule has 3 rings (SSSR count). The summed E-state index contributed by atoms with van der Waals surface area (Å²) in [6.45, 7) is 1.83. The van der Waals surface area contributed by atoms with Crippen molar-refractivity contribution in [2.45, 2.75) is 18.9 Å². The molecular weight excluding hydrogens is 316 g/mol. The van der Waals surface area contributed by atoms with Crippen LogP contribution in [0.4, 0.5) is 0 Å². The monoisotopic (exact) mass is 336 g/mol. The summed E-state index contributed by atoms with van der Waals surface area (Å²) in [7, 11) is 1.59. The number of benzene rings is 2. The van der Waals surface area contributed by atoms with Gasteiger partial charge in [-0.15, -0.1) is 0 Å². The Kier molecular flexibility index (Phi) is 5.00. The number of carbonyl (C=O) groups excluding carboxylic acids is 1. The van der Waals surface area contributed by atoms with E-state index in [0.29, 0.717) is 17.1 Å². The average molecular weight is 336 g/mol. The summed E-state index contributed by atoms with van der Waals surface area (Å²) >= 11 is 0. The molecule has 0 saturated carbocycles. The van der Waals surface area contributed by atoms with Crippen molar-refractivity contribution in [1.82, 2.24) is 0 Å². The third-order valence-corrected chi connectivity index (χ3v) is 4.19. The van der Waals surface area contributed by atoms with Crippen molar-refractivity contribution < 1.29 is 19.1 Å². The van der Waals surface area contributed by atoms with Crippen LogP contribution in [0.2, 0.25) is 0 Å². The highest BCUT2D eigenvalue weighted by Gasteiger charge is 2.32. The maximum absolute atomic E-state index is 12.7. The van der Waals surface area contributed by atoms with Crippen LogP contribution in [-0.4, -0.2) is 24.1 Å². The van der Waals surface area contributed by atoms with Gasteiger partial charge in [-0.1, -0.05) is 42.5 Å². The first-order chi connectivity index (χ1) is 12.1. The van der Waals surface area contributed by atoms with Gasteiger partial charge < -0.3 is 14.3 Å². The molecule has 4 nitrogen and oxygen atoms in total. The minimum Gasteiger partial charge on any atom is -0.497 e. The van der Waals surface area contributed by atoms with Gasteiger partial charge in [-0.3, -0.25) is 4.79 Å². The van der Waals surface area contributed by atoms with E-state index in [1.54, 1.807) is 49.6 Å². The second kappa shape index (κ2) is 7.36. The van der Waals surface area contributed by atoms with Crippen molar-refractivity contribution in [2.75, 3.05) is 7.11 Å². The fourth-order valence-corrected chi connectivity index (χ4v) is 2.86. The molecule has 1 heterocycles. The molecule has 0 aliphatic rings. The summed E-state index contributed by atoms with van der Waals surface area (Å²) < 4.78 is 10.9. The quantitative estimate of drug-likeness (QED) is 0.692. The SMILES string of the molecule is COc1ccc([C@@H](c2ccc(C)o2)[C@H](O)C(=O)c2ccccc2)cc1. The highest BCUT2D eigenvalue weighted by atomic mass is 16.5. The van der Waals surface area contributed by atoms with E-state index in [2.05, 4.69) is 0 Å². The minimum absolute atomic E-state index is 0.338. The number of rotatable bonds is 6. The number of carbonyl (C=O) groups is 1. The number of aryl methyl sites for hydroxylation is 1. The Hall–Kier alpha value is -2.85. The summed E-state index contributed by atoms with van der Waals surface area (Å²) in [5.41, 5.74) is 1.25. The van der Waals surface area contributed by atoms with E-state index in [4.69, 9.17) is 9.15 Å². The van der Waals surface area contributed by atoms with Gasteiger partial charge in [-0.05, 0) is 36.8 Å². The van der Waals surface area contributed by atoms with Crippen molar-refractivity contribution in [3.8, 4) is 5.75 Å². The molecule has 1 aromatic heterocycles. The summed E-state index contributed by atoms with van der Waals surface area (Å²) in [4.78, 5) is 12.7. The number of methoxy groups -OCH3 is 1. The fourth-order valence-electron chi connectivity index (χ4n) is 2.86. The lowest BCUT2D eigenvalue weighted by Gasteiger charge is -2.21. The fraction of sp³-hybridized carbons (Fsp3) is 0.190. The van der Waals surface area contributed by atoms with Gasteiger partial charge in [0.25, 0.3) is 0 Å². The Morgan fingerprint density at radius 1 is 1.00 bits per heavy atom. The second-order valence-corrected chi connectivity index (χ2v) is 5.87. The zero-order valence-corrected chi connectivity index (χ0v) is 14.2. The van der Waals surface area contributed by atoms with Crippen molar-refractivity contribution >= 4 is 5.78 Å². The first kappa shape index (κ1) is 17.0. The first-order valence-electron chi connectivity index (χ1n) is 8.08. The molecule has 0 aliphatic carbocycles. The van der Waals surface area contributed by atoms with Crippen LogP contribution in [0.15, 0.2) is 71.1 Å². The van der Waals surface area contributed by atoms with Crippen LogP contribution in [0.5, 0.6) is 5.75 Å². The molecule has 0 aliphatic heterocycles. The van der Waals surface area contributed by atoms with Crippen LogP contribution < -0.4 is 4.74 Å². The summed E-state index contributed by atoms with van der Waals surface area (Å²) in [5.74, 6) is 1.07. The Balaban J connectivity index is 1.99. The molecule has 0 fully saturated rings. The summed E-state index contributed by atoms with van der Waals surface area (Å²) in [6, 6.07) is 19.7. The third-order valence-electron chi connectivity index (χ3n) is 4.19. The molecule has 4 heteroatoms. The van der Waals surface area contributed by atoms with Crippen molar-refractivity contribution in [2.24, 2.45) is 0 Å². The number of Topliss-reactive ketones (excluding diaryl/α,β-unsaturated/α-hetero) is 1. The molecule has 2 atom stereocenters. The van der Waals surface area contributed by atoms with E-state index in [1.807, 2.05) is 31.2 Å². The van der Waals surface area contributed by atoms with Crippen molar-refractivity contribution in [3.63, 3.8) is 0 Å². The Morgan fingerprint density at radius 3 is 2.24 bits per heavy atom. The Labute approximate surface area is 146 Å². The molecule has 3 aromatic rings. The second-order valence-electron chi connectivity index (χ2n) is 5.87. The molecule has 0 saturated heterocycles. The van der Waals surface area contributed by atoms with E-state index in [-0.39, 0.29) is 5.78 Å². The van der Waals surface area contributed by atoms with Gasteiger partial charge in [0.05, 0.1) is 13.0 Å². The molecule has 25 heavy (non-hydrogen) atoms. The van der Waals surface area contributed by atoms with Crippen LogP contribution in [0.1, 0.15) is 33.4 Å². The van der Waals surface area contributed by atoms with Gasteiger partial charge in [0, 0.05) is 5.56 Å². The maximum atomic E-state index is 12.7. The number of ketones is 1. The normalized spacial score (nSPS) is 13.2. The highest BCUT2D eigenvalue weighted by Crippen LogP contribution is 2.32. The number of ether oxygens (including phenoxy) is 1. The van der Waals surface area contributed by atoms with Crippen LogP contribution >= 0.6 is 0 Å². The lowest BCUT2D eigenvalue weighted by molar-refractivity contribution is 0.0699. The highest BCUT2D eigenvalue weighted by molar-refractivity contribution is 6.00. The van der Waals surface area contributed by atoms with E-state index in [9.17, 15) is 9.90 Å². The van der Waals surface area contributed by atoms with Gasteiger partial charge in [0.15, 0.2) is 5.78 Å². The van der Waals surface area contributed by atoms with Gasteiger partial charge in [0.2, 0.25) is 0 Å². The first-order valence-corrected chi connectivity index (χ1v) is 8.08. The number of hydrogen-bond acceptors (Lipinski definition) is 4. The van der Waals surface area contributed by atoms with E-state index in [1.165, 1.54) is 0 Å². The van der Waals surface area contributed by atoms with Gasteiger partial charge in [0.1, 0.15) is 23.4 Å². The predicted octanol–water partition coefficient (Wildman–Crippen LogP) is 3.97. The average Bonchev–Trinajstić information content (AvgIpc) is 3.08. The molecule has 128 valence electrons. The van der Waals surface area contributed by atoms with Gasteiger partial charge in [-0.2, -0.15) is 0 Å². The molecule has 2 aromatic carbocycles. The number of aliphatic hydroxyl groups is 1. The summed E-state index contributed by atoms with van der Waals surface area (Å²) in [5, 5.41) is 10.8. The van der Waals surface area contributed by atoms with Crippen LogP contribution in [0.3, 0.4) is 0 Å².